The van der Waals surface area contributed by atoms with Gasteiger partial charge in [0.2, 0.25) is 0 Å². The summed E-state index contributed by atoms with van der Waals surface area (Å²) in [5.41, 5.74) is 0.256. The molecule has 0 radical (unpaired) electrons. The van der Waals surface area contributed by atoms with E-state index in [-0.39, 0.29) is 29.4 Å². The molecule has 1 aliphatic heterocycles. The Morgan fingerprint density at radius 3 is 2.52 bits per heavy atom. The van der Waals surface area contributed by atoms with E-state index in [2.05, 4.69) is 24.5 Å². The lowest BCUT2D eigenvalue weighted by molar-refractivity contribution is -0.0945. The molecular weight excluding hydrogens is 377 g/mol. The zero-order valence-corrected chi connectivity index (χ0v) is 15.9. The summed E-state index contributed by atoms with van der Waals surface area (Å²) in [6, 6.07) is 0. The second-order valence-corrected chi connectivity index (χ2v) is 6.72. The lowest BCUT2D eigenvalue weighted by Crippen LogP contribution is -2.44. The molecule has 0 bridgehead atoms. The molecule has 4 nitrogen and oxygen atoms in total. The molecule has 2 fully saturated rings. The number of rotatable bonds is 7. The third-order valence-electron chi connectivity index (χ3n) is 4.42. The van der Waals surface area contributed by atoms with Crippen molar-refractivity contribution in [2.45, 2.75) is 52.4 Å². The van der Waals surface area contributed by atoms with Gasteiger partial charge in [0.1, 0.15) is 0 Å². The van der Waals surface area contributed by atoms with Gasteiger partial charge in [0.25, 0.3) is 0 Å². The van der Waals surface area contributed by atoms with Gasteiger partial charge in [0, 0.05) is 18.5 Å². The first-order chi connectivity index (χ1) is 9.72. The highest BCUT2D eigenvalue weighted by atomic mass is 127. The van der Waals surface area contributed by atoms with Crippen LogP contribution in [0.15, 0.2) is 4.99 Å². The highest BCUT2D eigenvalue weighted by molar-refractivity contribution is 14.0. The van der Waals surface area contributed by atoms with Crippen LogP contribution in [0.3, 0.4) is 0 Å². The van der Waals surface area contributed by atoms with Crippen LogP contribution < -0.4 is 10.6 Å². The Labute approximate surface area is 146 Å². The minimum atomic E-state index is 0. The summed E-state index contributed by atoms with van der Waals surface area (Å²) in [6.07, 6.45) is 8.43. The SMILES string of the molecule is CCNC(=NCC1(C)COC1)NCCCC1CCCC1.I. The van der Waals surface area contributed by atoms with Gasteiger partial charge < -0.3 is 15.4 Å². The molecule has 0 unspecified atom stereocenters. The molecular formula is C16H32IN3O. The molecule has 1 aliphatic carbocycles. The fourth-order valence-corrected chi connectivity index (χ4v) is 3.05. The summed E-state index contributed by atoms with van der Waals surface area (Å²) in [4.78, 5) is 4.69. The maximum absolute atomic E-state index is 5.28. The van der Waals surface area contributed by atoms with Crippen LogP contribution in [0.2, 0.25) is 0 Å². The molecule has 1 saturated carbocycles. The Hall–Kier alpha value is -0.0400. The van der Waals surface area contributed by atoms with Crippen molar-refractivity contribution >= 4 is 29.9 Å². The van der Waals surface area contributed by atoms with E-state index < -0.39 is 0 Å². The standard InChI is InChI=1S/C16H31N3O.HI/c1-3-17-15(19-11-16(2)12-20-13-16)18-10-6-9-14-7-4-5-8-14;/h14H,3-13H2,1-2H3,(H2,17,18,19);1H. The van der Waals surface area contributed by atoms with Crippen molar-refractivity contribution in [3.8, 4) is 0 Å². The Balaban J connectivity index is 0.00000220. The molecule has 0 aromatic heterocycles. The van der Waals surface area contributed by atoms with Crippen LogP contribution >= 0.6 is 24.0 Å². The molecule has 0 atom stereocenters. The first-order valence-electron chi connectivity index (χ1n) is 8.32. The van der Waals surface area contributed by atoms with E-state index in [4.69, 9.17) is 9.73 Å². The fraction of sp³-hybridized carbons (Fsp3) is 0.938. The lowest BCUT2D eigenvalue weighted by atomic mass is 9.89. The molecule has 5 heteroatoms. The predicted octanol–water partition coefficient (Wildman–Crippen LogP) is 3.17. The summed E-state index contributed by atoms with van der Waals surface area (Å²) < 4.78 is 5.28. The van der Waals surface area contributed by atoms with Crippen LogP contribution in [0, 0.1) is 11.3 Å². The average Bonchev–Trinajstić information content (AvgIpc) is 2.91. The smallest absolute Gasteiger partial charge is 0.191 e. The number of nitrogens with one attached hydrogen (secondary N) is 2. The third kappa shape index (κ3) is 6.72. The summed E-state index contributed by atoms with van der Waals surface area (Å²) in [6.45, 7) is 8.85. The molecule has 21 heavy (non-hydrogen) atoms. The van der Waals surface area contributed by atoms with Crippen LogP contribution in [-0.2, 0) is 4.74 Å². The van der Waals surface area contributed by atoms with E-state index in [1.54, 1.807) is 0 Å². The molecule has 2 aliphatic rings. The van der Waals surface area contributed by atoms with Crippen LogP contribution in [0.4, 0.5) is 0 Å². The maximum atomic E-state index is 5.28. The average molecular weight is 409 g/mol. The highest BCUT2D eigenvalue weighted by Gasteiger charge is 2.33. The molecule has 0 amide bonds. The maximum Gasteiger partial charge on any atom is 0.191 e. The van der Waals surface area contributed by atoms with Gasteiger partial charge in [-0.3, -0.25) is 4.99 Å². The van der Waals surface area contributed by atoms with Crippen molar-refractivity contribution in [1.82, 2.24) is 10.6 Å². The van der Waals surface area contributed by atoms with E-state index in [1.807, 2.05) is 0 Å². The zero-order valence-electron chi connectivity index (χ0n) is 13.6. The van der Waals surface area contributed by atoms with Gasteiger partial charge in [-0.25, -0.2) is 0 Å². The van der Waals surface area contributed by atoms with Gasteiger partial charge in [-0.2, -0.15) is 0 Å². The number of hydrogen-bond donors (Lipinski definition) is 2. The molecule has 2 rings (SSSR count). The molecule has 124 valence electrons. The topological polar surface area (TPSA) is 45.7 Å². The van der Waals surface area contributed by atoms with Gasteiger partial charge in [-0.1, -0.05) is 32.6 Å². The Kier molecular flexibility index (Phi) is 8.94. The lowest BCUT2D eigenvalue weighted by Gasteiger charge is -2.36. The van der Waals surface area contributed by atoms with Crippen LogP contribution in [0.1, 0.15) is 52.4 Å². The van der Waals surface area contributed by atoms with Gasteiger partial charge in [0.15, 0.2) is 5.96 Å². The van der Waals surface area contributed by atoms with Crippen LogP contribution in [0.5, 0.6) is 0 Å². The Morgan fingerprint density at radius 2 is 1.95 bits per heavy atom. The minimum Gasteiger partial charge on any atom is -0.380 e. The first-order valence-corrected chi connectivity index (χ1v) is 8.32. The number of guanidine groups is 1. The van der Waals surface area contributed by atoms with E-state index in [1.165, 1.54) is 38.5 Å². The largest absolute Gasteiger partial charge is 0.380 e. The second kappa shape index (κ2) is 9.87. The molecule has 0 spiro atoms. The quantitative estimate of drug-likeness (QED) is 0.294. The van der Waals surface area contributed by atoms with Crippen LogP contribution in [-0.4, -0.2) is 38.8 Å². The third-order valence-corrected chi connectivity index (χ3v) is 4.42. The monoisotopic (exact) mass is 409 g/mol. The van der Waals surface area contributed by atoms with Crippen molar-refractivity contribution in [2.75, 3.05) is 32.8 Å². The molecule has 1 saturated heterocycles. The fourth-order valence-electron chi connectivity index (χ4n) is 3.05. The highest BCUT2D eigenvalue weighted by Crippen LogP contribution is 2.28. The van der Waals surface area contributed by atoms with Crippen molar-refractivity contribution in [3.63, 3.8) is 0 Å². The Bertz CT molecular complexity index is 313. The van der Waals surface area contributed by atoms with Gasteiger partial charge >= 0.3 is 0 Å². The number of hydrogen-bond acceptors (Lipinski definition) is 2. The number of halogens is 1. The van der Waals surface area contributed by atoms with Crippen molar-refractivity contribution in [3.05, 3.63) is 0 Å². The summed E-state index contributed by atoms with van der Waals surface area (Å²) in [7, 11) is 0. The molecule has 0 aromatic rings. The Morgan fingerprint density at radius 1 is 1.24 bits per heavy atom. The van der Waals surface area contributed by atoms with Gasteiger partial charge in [-0.05, 0) is 25.7 Å². The molecule has 2 N–H and O–H groups in total. The first kappa shape index (κ1) is 19.0. The summed E-state index contributed by atoms with van der Waals surface area (Å²) >= 11 is 0. The summed E-state index contributed by atoms with van der Waals surface area (Å²) in [5.74, 6) is 1.95. The normalized spacial score (nSPS) is 21.5. The summed E-state index contributed by atoms with van der Waals surface area (Å²) in [5, 5.41) is 6.79. The number of aliphatic imine (C=N–C) groups is 1. The van der Waals surface area contributed by atoms with Gasteiger partial charge in [-0.15, -0.1) is 24.0 Å². The van der Waals surface area contributed by atoms with Crippen molar-refractivity contribution in [2.24, 2.45) is 16.3 Å². The number of nitrogens with zero attached hydrogens (tertiary/aromatic N) is 1. The van der Waals surface area contributed by atoms with Crippen molar-refractivity contribution in [1.29, 1.82) is 0 Å². The van der Waals surface area contributed by atoms with E-state index in [0.717, 1.165) is 44.7 Å². The van der Waals surface area contributed by atoms with E-state index in [0.29, 0.717) is 0 Å². The molecule has 0 aromatic carbocycles. The minimum absolute atomic E-state index is 0. The van der Waals surface area contributed by atoms with E-state index >= 15 is 0 Å². The van der Waals surface area contributed by atoms with Crippen molar-refractivity contribution < 1.29 is 4.74 Å². The molecule has 1 heterocycles. The predicted molar refractivity (Wildman–Crippen MR) is 99.5 cm³/mol. The van der Waals surface area contributed by atoms with E-state index in [9.17, 15) is 0 Å². The zero-order chi connectivity index (χ0) is 14.3. The second-order valence-electron chi connectivity index (χ2n) is 6.72. The van der Waals surface area contributed by atoms with Gasteiger partial charge in [0.05, 0.1) is 19.8 Å². The van der Waals surface area contributed by atoms with Crippen LogP contribution in [0.25, 0.3) is 0 Å². The number of ether oxygens (including phenoxy) is 1.